The summed E-state index contributed by atoms with van der Waals surface area (Å²) in [6, 6.07) is 15.7. The molecule has 36 heavy (non-hydrogen) atoms. The molecule has 1 aromatic heterocycles. The number of alkyl halides is 3. The first-order chi connectivity index (χ1) is 17.2. The number of anilines is 1. The van der Waals surface area contributed by atoms with Gasteiger partial charge in [0.15, 0.2) is 0 Å². The number of amides is 2. The Morgan fingerprint density at radius 1 is 0.972 bits per heavy atom. The summed E-state index contributed by atoms with van der Waals surface area (Å²) in [5, 5.41) is 6.54. The van der Waals surface area contributed by atoms with Gasteiger partial charge in [-0.1, -0.05) is 30.3 Å². The molecule has 1 aliphatic rings. The van der Waals surface area contributed by atoms with E-state index in [9.17, 15) is 22.8 Å². The van der Waals surface area contributed by atoms with Crippen molar-refractivity contribution in [2.24, 2.45) is 0 Å². The lowest BCUT2D eigenvalue weighted by molar-refractivity contribution is -0.157. The molecular weight excluding hydrogens is 475 g/mol. The van der Waals surface area contributed by atoms with Crippen LogP contribution >= 0.6 is 0 Å². The number of carbonyl (C=O) groups is 2. The summed E-state index contributed by atoms with van der Waals surface area (Å²) >= 11 is 0. The van der Waals surface area contributed by atoms with Gasteiger partial charge in [0.2, 0.25) is 5.89 Å². The number of aromatic nitrogens is 2. The number of hydrogen-bond acceptors (Lipinski definition) is 6. The van der Waals surface area contributed by atoms with Crippen LogP contribution in [0.1, 0.15) is 24.8 Å². The van der Waals surface area contributed by atoms with Gasteiger partial charge in [-0.2, -0.15) is 13.2 Å². The van der Waals surface area contributed by atoms with E-state index in [4.69, 9.17) is 4.42 Å². The maximum absolute atomic E-state index is 13.6. The number of nitrogens with zero attached hydrogens (tertiary/aromatic N) is 5. The van der Waals surface area contributed by atoms with E-state index < -0.39 is 12.1 Å². The van der Waals surface area contributed by atoms with E-state index in [0.717, 1.165) is 24.2 Å². The molecular formula is C25H26F3N5O3. The van der Waals surface area contributed by atoms with Gasteiger partial charge in [-0.05, 0) is 43.2 Å². The molecule has 3 aromatic rings. The fourth-order valence-corrected chi connectivity index (χ4v) is 4.07. The van der Waals surface area contributed by atoms with Crippen molar-refractivity contribution < 1.29 is 27.2 Å². The summed E-state index contributed by atoms with van der Waals surface area (Å²) in [5.41, 5.74) is 1.85. The molecule has 1 saturated heterocycles. The summed E-state index contributed by atoms with van der Waals surface area (Å²) in [6.45, 7) is 4.65. The molecule has 0 spiro atoms. The van der Waals surface area contributed by atoms with E-state index in [-0.39, 0.29) is 24.2 Å². The van der Waals surface area contributed by atoms with E-state index in [1.165, 1.54) is 0 Å². The maximum Gasteiger partial charge on any atom is 0.470 e. The van der Waals surface area contributed by atoms with Gasteiger partial charge in [-0.25, -0.2) is 4.79 Å². The van der Waals surface area contributed by atoms with Crippen LogP contribution in [0, 0.1) is 0 Å². The molecule has 4 rings (SSSR count). The van der Waals surface area contributed by atoms with Crippen molar-refractivity contribution >= 4 is 17.5 Å². The third kappa shape index (κ3) is 6.28. The molecule has 0 radical (unpaired) electrons. The molecule has 0 N–H and O–H groups in total. The second kappa shape index (κ2) is 10.9. The highest BCUT2D eigenvalue weighted by Crippen LogP contribution is 2.30. The van der Waals surface area contributed by atoms with Crippen LogP contribution in [0.4, 0.5) is 23.7 Å². The average molecular weight is 502 g/mol. The van der Waals surface area contributed by atoms with Crippen LogP contribution in [-0.2, 0) is 17.5 Å². The molecule has 2 heterocycles. The Hall–Kier alpha value is -3.73. The van der Waals surface area contributed by atoms with E-state index in [2.05, 4.69) is 15.1 Å². The van der Waals surface area contributed by atoms with Gasteiger partial charge < -0.3 is 9.32 Å². The summed E-state index contributed by atoms with van der Waals surface area (Å²) in [5.74, 6) is -1.54. The minimum absolute atomic E-state index is 0.0966. The van der Waals surface area contributed by atoms with Gasteiger partial charge in [0, 0.05) is 37.4 Å². The average Bonchev–Trinajstić information content (AvgIpc) is 3.25. The van der Waals surface area contributed by atoms with Crippen LogP contribution < -0.4 is 4.90 Å². The van der Waals surface area contributed by atoms with Crippen LogP contribution in [0.15, 0.2) is 59.0 Å². The predicted octanol–water partition coefficient (Wildman–Crippen LogP) is 4.48. The summed E-state index contributed by atoms with van der Waals surface area (Å²) in [7, 11) is 0. The fraction of sp³-hybridized carbons (Fsp3) is 0.360. The zero-order valence-corrected chi connectivity index (χ0v) is 19.7. The molecule has 8 nitrogen and oxygen atoms in total. The van der Waals surface area contributed by atoms with E-state index in [1.807, 2.05) is 30.3 Å². The van der Waals surface area contributed by atoms with Gasteiger partial charge in [-0.15, -0.1) is 10.2 Å². The van der Waals surface area contributed by atoms with Crippen molar-refractivity contribution in [3.8, 4) is 11.5 Å². The molecule has 0 unspecified atom stereocenters. The van der Waals surface area contributed by atoms with Crippen molar-refractivity contribution in [1.82, 2.24) is 20.0 Å². The quantitative estimate of drug-likeness (QED) is 0.496. The maximum atomic E-state index is 13.6. The number of Topliss-reactive ketones (excluding diaryl/α,β-unsaturated/α-hetero) is 1. The van der Waals surface area contributed by atoms with Crippen LogP contribution in [0.5, 0.6) is 0 Å². The minimum Gasteiger partial charge on any atom is -0.413 e. The fourth-order valence-electron chi connectivity index (χ4n) is 4.07. The number of rotatable bonds is 6. The number of hydrogen-bond donors (Lipinski definition) is 0. The Kier molecular flexibility index (Phi) is 7.68. The van der Waals surface area contributed by atoms with Crippen molar-refractivity contribution in [2.45, 2.75) is 26.1 Å². The Morgan fingerprint density at radius 3 is 2.33 bits per heavy atom. The Labute approximate surface area is 206 Å². The van der Waals surface area contributed by atoms with Crippen LogP contribution in [0.2, 0.25) is 0 Å². The minimum atomic E-state index is -4.71. The van der Waals surface area contributed by atoms with Crippen molar-refractivity contribution in [1.29, 1.82) is 0 Å². The first kappa shape index (κ1) is 25.4. The summed E-state index contributed by atoms with van der Waals surface area (Å²) in [6.07, 6.45) is -3.95. The number of carbonyl (C=O) groups excluding carboxylic acids is 2. The Morgan fingerprint density at radius 2 is 1.69 bits per heavy atom. The third-order valence-electron chi connectivity index (χ3n) is 5.81. The monoisotopic (exact) mass is 501 g/mol. The van der Waals surface area contributed by atoms with Crippen LogP contribution in [0.25, 0.3) is 11.5 Å². The van der Waals surface area contributed by atoms with E-state index in [1.54, 1.807) is 41.0 Å². The number of para-hydroxylation sites is 1. The Balaban J connectivity index is 1.51. The van der Waals surface area contributed by atoms with Crippen molar-refractivity contribution in [3.05, 3.63) is 66.1 Å². The second-order valence-electron chi connectivity index (χ2n) is 8.63. The van der Waals surface area contributed by atoms with Gasteiger partial charge in [0.1, 0.15) is 5.78 Å². The highest BCUT2D eigenvalue weighted by Gasteiger charge is 2.38. The number of urea groups is 1. The zero-order valence-electron chi connectivity index (χ0n) is 19.7. The molecule has 0 bridgehead atoms. The largest absolute Gasteiger partial charge is 0.470 e. The van der Waals surface area contributed by atoms with E-state index >= 15 is 0 Å². The lowest BCUT2D eigenvalue weighted by atomic mass is 10.1. The third-order valence-corrected chi connectivity index (χ3v) is 5.81. The lowest BCUT2D eigenvalue weighted by Gasteiger charge is -2.30. The SMILES string of the molecule is CC(=O)CN1CCCN(C(=O)N(Cc2ccc(-c3nnc(C(F)(F)F)o3)cc2)c2ccccc2)CC1. The molecule has 0 saturated carbocycles. The Bertz CT molecular complexity index is 1180. The van der Waals surface area contributed by atoms with Crippen LogP contribution in [0.3, 0.4) is 0 Å². The topological polar surface area (TPSA) is 82.8 Å². The van der Waals surface area contributed by atoms with E-state index in [0.29, 0.717) is 31.7 Å². The number of halogens is 3. The molecule has 1 fully saturated rings. The normalized spacial score (nSPS) is 14.9. The van der Waals surface area contributed by atoms with Crippen molar-refractivity contribution in [2.75, 3.05) is 37.6 Å². The summed E-state index contributed by atoms with van der Waals surface area (Å²) < 4.78 is 43.0. The lowest BCUT2D eigenvalue weighted by Crippen LogP contribution is -2.45. The number of benzene rings is 2. The molecule has 1 aliphatic heterocycles. The predicted molar refractivity (Wildman–Crippen MR) is 126 cm³/mol. The standard InChI is InChI=1S/C25H26F3N5O3/c1-18(34)16-31-12-5-13-32(15-14-31)24(35)33(21-6-3-2-4-7-21)17-19-8-10-20(11-9-19)22-29-30-23(36-22)25(26,27)28/h2-4,6-11H,5,12-17H2,1H3. The highest BCUT2D eigenvalue weighted by atomic mass is 19.4. The van der Waals surface area contributed by atoms with Gasteiger partial charge >= 0.3 is 18.1 Å². The van der Waals surface area contributed by atoms with Gasteiger partial charge in [0.05, 0.1) is 13.1 Å². The molecule has 2 amide bonds. The first-order valence-corrected chi connectivity index (χ1v) is 11.5. The molecule has 190 valence electrons. The smallest absolute Gasteiger partial charge is 0.413 e. The van der Waals surface area contributed by atoms with Crippen molar-refractivity contribution in [3.63, 3.8) is 0 Å². The molecule has 2 aromatic carbocycles. The highest BCUT2D eigenvalue weighted by molar-refractivity contribution is 5.92. The van der Waals surface area contributed by atoms with Gasteiger partial charge in [0.25, 0.3) is 0 Å². The zero-order chi connectivity index (χ0) is 25.7. The molecule has 11 heteroatoms. The first-order valence-electron chi connectivity index (χ1n) is 11.5. The summed E-state index contributed by atoms with van der Waals surface area (Å²) in [4.78, 5) is 30.6. The molecule has 0 atom stereocenters. The number of ketones is 1. The second-order valence-corrected chi connectivity index (χ2v) is 8.63. The van der Waals surface area contributed by atoms with Gasteiger partial charge in [-0.3, -0.25) is 14.6 Å². The molecule has 0 aliphatic carbocycles. The van der Waals surface area contributed by atoms with Crippen LogP contribution in [-0.4, -0.2) is 64.5 Å².